The number of piperidine rings is 1. The largest absolute Gasteiger partial charge is 0.397 e. The highest BCUT2D eigenvalue weighted by Crippen LogP contribution is 2.20. The average molecular weight is 248 g/mol. The molecular weight excluding hydrogens is 228 g/mol. The van der Waals surface area contributed by atoms with Crippen molar-refractivity contribution in [3.63, 3.8) is 0 Å². The summed E-state index contributed by atoms with van der Waals surface area (Å²) < 4.78 is 0. The van der Waals surface area contributed by atoms with E-state index in [1.54, 1.807) is 30.3 Å². The van der Waals surface area contributed by atoms with E-state index >= 15 is 0 Å². The first-order valence-electron chi connectivity index (χ1n) is 6.25. The van der Waals surface area contributed by atoms with Crippen molar-refractivity contribution in [2.45, 2.75) is 12.8 Å². The third-order valence-corrected chi connectivity index (χ3v) is 3.42. The molecular formula is C13H20N4O. The monoisotopic (exact) mass is 248 g/mol. The van der Waals surface area contributed by atoms with Crippen molar-refractivity contribution in [2.75, 3.05) is 37.8 Å². The SMILES string of the molecule is CN1CCCC(C(=O)N(C)c2ccc(N)cn2)C1. The molecule has 5 nitrogen and oxygen atoms in total. The summed E-state index contributed by atoms with van der Waals surface area (Å²) in [6.07, 6.45) is 3.62. The summed E-state index contributed by atoms with van der Waals surface area (Å²) in [6, 6.07) is 3.54. The summed E-state index contributed by atoms with van der Waals surface area (Å²) in [6.45, 7) is 1.91. The van der Waals surface area contributed by atoms with E-state index in [9.17, 15) is 4.79 Å². The molecule has 2 heterocycles. The van der Waals surface area contributed by atoms with Crippen molar-refractivity contribution >= 4 is 17.4 Å². The maximum atomic E-state index is 12.4. The van der Waals surface area contributed by atoms with E-state index < -0.39 is 0 Å². The van der Waals surface area contributed by atoms with Gasteiger partial charge < -0.3 is 10.6 Å². The predicted molar refractivity (Wildman–Crippen MR) is 72.3 cm³/mol. The first kappa shape index (κ1) is 12.8. The lowest BCUT2D eigenvalue weighted by Gasteiger charge is -2.31. The molecule has 5 heteroatoms. The lowest BCUT2D eigenvalue weighted by molar-refractivity contribution is -0.123. The summed E-state index contributed by atoms with van der Waals surface area (Å²) in [7, 11) is 3.83. The van der Waals surface area contributed by atoms with Crippen LogP contribution < -0.4 is 10.6 Å². The van der Waals surface area contributed by atoms with Gasteiger partial charge >= 0.3 is 0 Å². The number of carbonyl (C=O) groups is 1. The van der Waals surface area contributed by atoms with Crippen molar-refractivity contribution in [2.24, 2.45) is 5.92 Å². The van der Waals surface area contributed by atoms with Crippen LogP contribution in [0.3, 0.4) is 0 Å². The van der Waals surface area contributed by atoms with Gasteiger partial charge in [0.15, 0.2) is 0 Å². The highest BCUT2D eigenvalue weighted by Gasteiger charge is 2.27. The van der Waals surface area contributed by atoms with Crippen molar-refractivity contribution in [1.29, 1.82) is 0 Å². The van der Waals surface area contributed by atoms with Crippen LogP contribution >= 0.6 is 0 Å². The summed E-state index contributed by atoms with van der Waals surface area (Å²) in [5.74, 6) is 0.870. The van der Waals surface area contributed by atoms with Crippen LogP contribution in [-0.2, 0) is 4.79 Å². The molecule has 18 heavy (non-hydrogen) atoms. The zero-order valence-electron chi connectivity index (χ0n) is 11.0. The molecule has 1 fully saturated rings. The van der Waals surface area contributed by atoms with E-state index in [0.717, 1.165) is 25.9 Å². The standard InChI is InChI=1S/C13H20N4O/c1-16-7-3-4-10(9-16)13(18)17(2)12-6-5-11(14)8-15-12/h5-6,8,10H,3-4,7,9,14H2,1-2H3. The number of carbonyl (C=O) groups excluding carboxylic acids is 1. The Kier molecular flexibility index (Phi) is 3.81. The second-order valence-corrected chi connectivity index (χ2v) is 4.95. The van der Waals surface area contributed by atoms with Gasteiger partial charge in [0.1, 0.15) is 5.82 Å². The Morgan fingerprint density at radius 3 is 2.94 bits per heavy atom. The zero-order valence-corrected chi connectivity index (χ0v) is 11.0. The molecule has 1 aliphatic heterocycles. The number of hydrogen-bond acceptors (Lipinski definition) is 4. The number of likely N-dealkylation sites (tertiary alicyclic amines) is 1. The molecule has 0 aliphatic carbocycles. The van der Waals surface area contributed by atoms with Crippen LogP contribution in [0.1, 0.15) is 12.8 Å². The lowest BCUT2D eigenvalue weighted by Crippen LogP contribution is -2.42. The minimum atomic E-state index is 0.0769. The summed E-state index contributed by atoms with van der Waals surface area (Å²) in [4.78, 5) is 20.4. The quantitative estimate of drug-likeness (QED) is 0.847. The van der Waals surface area contributed by atoms with Crippen LogP contribution in [0.2, 0.25) is 0 Å². The summed E-state index contributed by atoms with van der Waals surface area (Å²) in [5.41, 5.74) is 6.20. The van der Waals surface area contributed by atoms with Crippen LogP contribution in [-0.4, -0.2) is 43.0 Å². The van der Waals surface area contributed by atoms with Gasteiger partial charge in [0.05, 0.1) is 17.8 Å². The van der Waals surface area contributed by atoms with E-state index in [4.69, 9.17) is 5.73 Å². The number of nitrogens with two attached hydrogens (primary N) is 1. The Labute approximate surface area is 108 Å². The Balaban J connectivity index is 2.06. The first-order chi connectivity index (χ1) is 8.58. The minimum Gasteiger partial charge on any atom is -0.397 e. The molecule has 1 saturated heterocycles. The molecule has 0 saturated carbocycles. The molecule has 1 atom stereocenters. The average Bonchev–Trinajstić information content (AvgIpc) is 2.38. The Bertz CT molecular complexity index is 418. The van der Waals surface area contributed by atoms with E-state index in [-0.39, 0.29) is 11.8 Å². The number of nitrogens with zero attached hydrogens (tertiary/aromatic N) is 3. The van der Waals surface area contributed by atoms with Crippen LogP contribution in [0.5, 0.6) is 0 Å². The van der Waals surface area contributed by atoms with E-state index in [0.29, 0.717) is 11.5 Å². The highest BCUT2D eigenvalue weighted by atomic mass is 16.2. The van der Waals surface area contributed by atoms with Crippen molar-refractivity contribution in [1.82, 2.24) is 9.88 Å². The fourth-order valence-electron chi connectivity index (χ4n) is 2.35. The molecule has 0 spiro atoms. The Morgan fingerprint density at radius 1 is 1.56 bits per heavy atom. The normalized spacial score (nSPS) is 20.7. The van der Waals surface area contributed by atoms with Crippen LogP contribution in [0.25, 0.3) is 0 Å². The number of anilines is 2. The summed E-state index contributed by atoms with van der Waals surface area (Å²) >= 11 is 0. The maximum Gasteiger partial charge on any atom is 0.232 e. The van der Waals surface area contributed by atoms with Crippen LogP contribution in [0.4, 0.5) is 11.5 Å². The molecule has 1 aromatic rings. The molecule has 98 valence electrons. The molecule has 1 aromatic heterocycles. The number of nitrogen functional groups attached to an aromatic ring is 1. The molecule has 1 amide bonds. The number of pyridine rings is 1. The lowest BCUT2D eigenvalue weighted by atomic mass is 9.97. The van der Waals surface area contributed by atoms with E-state index in [2.05, 4.69) is 16.9 Å². The fraction of sp³-hybridized carbons (Fsp3) is 0.538. The Hall–Kier alpha value is -1.62. The fourth-order valence-corrected chi connectivity index (χ4v) is 2.35. The second kappa shape index (κ2) is 5.35. The number of hydrogen-bond donors (Lipinski definition) is 1. The molecule has 2 rings (SSSR count). The third kappa shape index (κ3) is 2.79. The number of aromatic nitrogens is 1. The first-order valence-corrected chi connectivity index (χ1v) is 6.25. The number of amides is 1. The molecule has 0 aromatic carbocycles. The number of rotatable bonds is 2. The highest BCUT2D eigenvalue weighted by molar-refractivity contribution is 5.93. The second-order valence-electron chi connectivity index (χ2n) is 4.95. The van der Waals surface area contributed by atoms with Crippen molar-refractivity contribution in [3.8, 4) is 0 Å². The van der Waals surface area contributed by atoms with Crippen LogP contribution in [0.15, 0.2) is 18.3 Å². The Morgan fingerprint density at radius 2 is 2.33 bits per heavy atom. The van der Waals surface area contributed by atoms with Crippen molar-refractivity contribution < 1.29 is 4.79 Å². The van der Waals surface area contributed by atoms with Crippen LogP contribution in [0, 0.1) is 5.92 Å². The van der Waals surface area contributed by atoms with Crippen molar-refractivity contribution in [3.05, 3.63) is 18.3 Å². The van der Waals surface area contributed by atoms with Gasteiger partial charge in [-0.3, -0.25) is 9.69 Å². The van der Waals surface area contributed by atoms with Gasteiger partial charge in [0, 0.05) is 13.6 Å². The van der Waals surface area contributed by atoms with Gasteiger partial charge in [-0.1, -0.05) is 0 Å². The van der Waals surface area contributed by atoms with Gasteiger partial charge in [0.25, 0.3) is 0 Å². The molecule has 1 aliphatic rings. The molecule has 0 radical (unpaired) electrons. The van der Waals surface area contributed by atoms with Gasteiger partial charge in [-0.25, -0.2) is 4.98 Å². The third-order valence-electron chi connectivity index (χ3n) is 3.42. The van der Waals surface area contributed by atoms with E-state index in [1.165, 1.54) is 0 Å². The van der Waals surface area contributed by atoms with Gasteiger partial charge in [-0.05, 0) is 38.6 Å². The zero-order chi connectivity index (χ0) is 13.1. The van der Waals surface area contributed by atoms with Gasteiger partial charge in [0.2, 0.25) is 5.91 Å². The molecule has 0 bridgehead atoms. The summed E-state index contributed by atoms with van der Waals surface area (Å²) in [5, 5.41) is 0. The smallest absolute Gasteiger partial charge is 0.232 e. The maximum absolute atomic E-state index is 12.4. The minimum absolute atomic E-state index is 0.0769. The van der Waals surface area contributed by atoms with Gasteiger partial charge in [-0.15, -0.1) is 0 Å². The molecule has 2 N–H and O–H groups in total. The molecule has 1 unspecified atom stereocenters. The topological polar surface area (TPSA) is 62.5 Å². The van der Waals surface area contributed by atoms with Gasteiger partial charge in [-0.2, -0.15) is 0 Å². The predicted octanol–water partition coefficient (Wildman–Crippen LogP) is 0.968. The van der Waals surface area contributed by atoms with E-state index in [1.807, 2.05) is 0 Å².